The van der Waals surface area contributed by atoms with Crippen LogP contribution in [0, 0.1) is 0 Å². The highest BCUT2D eigenvalue weighted by atomic mass is 16.5. The second-order valence-electron chi connectivity index (χ2n) is 4.73. The van der Waals surface area contributed by atoms with Crippen molar-refractivity contribution in [2.45, 2.75) is 19.4 Å². The van der Waals surface area contributed by atoms with Gasteiger partial charge in [0.2, 0.25) is 0 Å². The molecule has 4 heteroatoms. The molecule has 2 aromatic carbocycles. The minimum absolute atomic E-state index is 0.0318. The summed E-state index contributed by atoms with van der Waals surface area (Å²) < 4.78 is 10.5. The number of phenols is 1. The van der Waals surface area contributed by atoms with Crippen molar-refractivity contribution in [2.24, 2.45) is 0 Å². The van der Waals surface area contributed by atoms with Gasteiger partial charge in [0.05, 0.1) is 20.3 Å². The summed E-state index contributed by atoms with van der Waals surface area (Å²) in [6.45, 7) is 2.07. The molecule has 0 radical (unpaired) electrons. The molecule has 0 aliphatic rings. The van der Waals surface area contributed by atoms with E-state index in [1.807, 2.05) is 36.4 Å². The van der Waals surface area contributed by atoms with Crippen LogP contribution >= 0.6 is 0 Å². The van der Waals surface area contributed by atoms with Crippen molar-refractivity contribution >= 4 is 5.69 Å². The Bertz CT molecular complexity index is 598. The summed E-state index contributed by atoms with van der Waals surface area (Å²) in [5.74, 6) is 1.67. The zero-order chi connectivity index (χ0) is 15.2. The first-order chi connectivity index (χ1) is 10.2. The summed E-state index contributed by atoms with van der Waals surface area (Å²) in [5, 5.41) is 13.4. The van der Waals surface area contributed by atoms with Gasteiger partial charge in [0.1, 0.15) is 5.75 Å². The first kappa shape index (κ1) is 15.0. The van der Waals surface area contributed by atoms with E-state index >= 15 is 0 Å². The van der Waals surface area contributed by atoms with Gasteiger partial charge in [-0.1, -0.05) is 25.1 Å². The number of phenolic OH excluding ortho intramolecular Hbond substituents is 1. The molecule has 4 nitrogen and oxygen atoms in total. The van der Waals surface area contributed by atoms with Crippen LogP contribution in [0.2, 0.25) is 0 Å². The van der Waals surface area contributed by atoms with Crippen molar-refractivity contribution in [2.75, 3.05) is 19.5 Å². The molecule has 0 aliphatic heterocycles. The Morgan fingerprint density at radius 2 is 1.76 bits per heavy atom. The van der Waals surface area contributed by atoms with Crippen LogP contribution in [0.3, 0.4) is 0 Å². The van der Waals surface area contributed by atoms with Crippen LogP contribution in [-0.2, 0) is 0 Å². The fourth-order valence-corrected chi connectivity index (χ4v) is 2.31. The number of rotatable bonds is 6. The first-order valence-electron chi connectivity index (χ1n) is 6.96. The van der Waals surface area contributed by atoms with Crippen LogP contribution in [0.15, 0.2) is 42.5 Å². The molecular formula is C17H21NO3. The Hall–Kier alpha value is -2.36. The highest BCUT2D eigenvalue weighted by Crippen LogP contribution is 2.33. The molecule has 112 valence electrons. The second-order valence-corrected chi connectivity index (χ2v) is 4.73. The predicted octanol–water partition coefficient (Wildman–Crippen LogP) is 3.97. The minimum Gasteiger partial charge on any atom is -0.508 e. The van der Waals surface area contributed by atoms with E-state index in [2.05, 4.69) is 12.2 Å². The molecule has 0 aromatic heterocycles. The monoisotopic (exact) mass is 287 g/mol. The van der Waals surface area contributed by atoms with Crippen molar-refractivity contribution in [1.29, 1.82) is 0 Å². The molecule has 0 spiro atoms. The lowest BCUT2D eigenvalue weighted by molar-refractivity contribution is 0.355. The van der Waals surface area contributed by atoms with E-state index in [0.29, 0.717) is 17.2 Å². The molecular weight excluding hydrogens is 266 g/mol. The number of nitrogens with one attached hydrogen (secondary N) is 1. The Morgan fingerprint density at radius 3 is 2.38 bits per heavy atom. The molecule has 0 bridgehead atoms. The number of aromatic hydroxyl groups is 1. The van der Waals surface area contributed by atoms with Gasteiger partial charge in [0.15, 0.2) is 11.5 Å². The summed E-state index contributed by atoms with van der Waals surface area (Å²) in [6, 6.07) is 13.1. The van der Waals surface area contributed by atoms with Gasteiger partial charge in [0, 0.05) is 17.3 Å². The highest BCUT2D eigenvalue weighted by Gasteiger charge is 2.14. The number of para-hydroxylation sites is 1. The smallest absolute Gasteiger partial charge is 0.162 e. The molecule has 0 heterocycles. The van der Waals surface area contributed by atoms with E-state index in [9.17, 15) is 5.11 Å². The highest BCUT2D eigenvalue weighted by molar-refractivity contribution is 5.56. The molecule has 0 saturated heterocycles. The van der Waals surface area contributed by atoms with Gasteiger partial charge in [-0.25, -0.2) is 0 Å². The molecule has 2 N–H and O–H groups in total. The summed E-state index contributed by atoms with van der Waals surface area (Å²) in [7, 11) is 3.23. The molecule has 21 heavy (non-hydrogen) atoms. The Kier molecular flexibility index (Phi) is 4.93. The lowest BCUT2D eigenvalue weighted by Gasteiger charge is -2.20. The summed E-state index contributed by atoms with van der Waals surface area (Å²) in [4.78, 5) is 0. The van der Waals surface area contributed by atoms with E-state index in [1.165, 1.54) is 0 Å². The van der Waals surface area contributed by atoms with Gasteiger partial charge < -0.3 is 19.9 Å². The van der Waals surface area contributed by atoms with Crippen molar-refractivity contribution in [3.05, 3.63) is 48.0 Å². The van der Waals surface area contributed by atoms with E-state index in [0.717, 1.165) is 17.7 Å². The van der Waals surface area contributed by atoms with Crippen molar-refractivity contribution in [1.82, 2.24) is 0 Å². The zero-order valence-corrected chi connectivity index (χ0v) is 12.6. The SMILES string of the molecule is CCC(Nc1ccc(OC)c(OC)c1)c1ccccc1O. The van der Waals surface area contributed by atoms with E-state index < -0.39 is 0 Å². The van der Waals surface area contributed by atoms with Gasteiger partial charge in [0.25, 0.3) is 0 Å². The van der Waals surface area contributed by atoms with Crippen molar-refractivity contribution < 1.29 is 14.6 Å². The lowest BCUT2D eigenvalue weighted by Crippen LogP contribution is -2.10. The van der Waals surface area contributed by atoms with Gasteiger partial charge in [-0.2, -0.15) is 0 Å². The third-order valence-corrected chi connectivity index (χ3v) is 3.44. The molecule has 0 aliphatic carbocycles. The van der Waals surface area contributed by atoms with Crippen LogP contribution < -0.4 is 14.8 Å². The summed E-state index contributed by atoms with van der Waals surface area (Å²) in [6.07, 6.45) is 0.853. The zero-order valence-electron chi connectivity index (χ0n) is 12.6. The van der Waals surface area contributed by atoms with Crippen LogP contribution in [-0.4, -0.2) is 19.3 Å². The normalized spacial score (nSPS) is 11.8. The minimum atomic E-state index is 0.0318. The third kappa shape index (κ3) is 3.40. The Morgan fingerprint density at radius 1 is 1.05 bits per heavy atom. The number of methoxy groups -OCH3 is 2. The van der Waals surface area contributed by atoms with E-state index in [-0.39, 0.29) is 6.04 Å². The average molecular weight is 287 g/mol. The number of anilines is 1. The number of hydrogen-bond donors (Lipinski definition) is 2. The lowest BCUT2D eigenvalue weighted by atomic mass is 10.0. The number of hydrogen-bond acceptors (Lipinski definition) is 4. The van der Waals surface area contributed by atoms with Crippen LogP contribution in [0.4, 0.5) is 5.69 Å². The van der Waals surface area contributed by atoms with Crippen LogP contribution in [0.1, 0.15) is 24.9 Å². The molecule has 0 fully saturated rings. The summed E-state index contributed by atoms with van der Waals surface area (Å²) >= 11 is 0. The first-order valence-corrected chi connectivity index (χ1v) is 6.96. The number of ether oxygens (including phenoxy) is 2. The van der Waals surface area contributed by atoms with Gasteiger partial charge in [-0.3, -0.25) is 0 Å². The largest absolute Gasteiger partial charge is 0.508 e. The maximum absolute atomic E-state index is 9.99. The van der Waals surface area contributed by atoms with E-state index in [4.69, 9.17) is 9.47 Å². The molecule has 0 amide bonds. The molecule has 2 rings (SSSR count). The maximum atomic E-state index is 9.99. The fourth-order valence-electron chi connectivity index (χ4n) is 2.31. The fraction of sp³-hybridized carbons (Fsp3) is 0.294. The Balaban J connectivity index is 2.25. The molecule has 2 aromatic rings. The van der Waals surface area contributed by atoms with E-state index in [1.54, 1.807) is 20.3 Å². The second kappa shape index (κ2) is 6.88. The number of benzene rings is 2. The standard InChI is InChI=1S/C17H21NO3/c1-4-14(13-7-5-6-8-15(13)19)18-12-9-10-16(20-2)17(11-12)21-3/h5-11,14,18-19H,4H2,1-3H3. The topological polar surface area (TPSA) is 50.7 Å². The molecule has 1 unspecified atom stereocenters. The van der Waals surface area contributed by atoms with Gasteiger partial charge in [-0.05, 0) is 24.6 Å². The van der Waals surface area contributed by atoms with Crippen molar-refractivity contribution in [3.8, 4) is 17.2 Å². The molecule has 1 atom stereocenters. The van der Waals surface area contributed by atoms with Crippen molar-refractivity contribution in [3.63, 3.8) is 0 Å². The molecule has 0 saturated carbocycles. The predicted molar refractivity (Wildman–Crippen MR) is 84.3 cm³/mol. The average Bonchev–Trinajstić information content (AvgIpc) is 2.53. The summed E-state index contributed by atoms with van der Waals surface area (Å²) in [5.41, 5.74) is 1.80. The maximum Gasteiger partial charge on any atom is 0.162 e. The van der Waals surface area contributed by atoms with Crippen LogP contribution in [0.5, 0.6) is 17.2 Å². The Labute approximate surface area is 125 Å². The quantitative estimate of drug-likeness (QED) is 0.844. The van der Waals surface area contributed by atoms with Crippen LogP contribution in [0.25, 0.3) is 0 Å². The van der Waals surface area contributed by atoms with Gasteiger partial charge >= 0.3 is 0 Å². The third-order valence-electron chi connectivity index (χ3n) is 3.44. The van der Waals surface area contributed by atoms with Gasteiger partial charge in [-0.15, -0.1) is 0 Å².